The molecule has 1 aliphatic rings. The summed E-state index contributed by atoms with van der Waals surface area (Å²) in [7, 11) is 0. The lowest BCUT2D eigenvalue weighted by Crippen LogP contribution is -2.33. The van der Waals surface area contributed by atoms with Crippen molar-refractivity contribution in [3.8, 4) is 0 Å². The number of likely N-dealkylation sites (tertiary alicyclic amines) is 1. The van der Waals surface area contributed by atoms with Gasteiger partial charge in [-0.15, -0.1) is 0 Å². The maximum Gasteiger partial charge on any atom is 0.166 e. The van der Waals surface area contributed by atoms with Crippen LogP contribution in [0.25, 0.3) is 0 Å². The van der Waals surface area contributed by atoms with Crippen molar-refractivity contribution in [3.63, 3.8) is 0 Å². The average molecular weight is 190 g/mol. The average Bonchev–Trinajstić information content (AvgIpc) is 2.37. The van der Waals surface area contributed by atoms with Gasteiger partial charge in [-0.3, -0.25) is 0 Å². The molecule has 0 aromatic rings. The Balaban J connectivity index is 2.29. The van der Waals surface area contributed by atoms with Crippen LogP contribution in [0, 0.1) is 0 Å². The van der Waals surface area contributed by atoms with E-state index in [2.05, 4.69) is 11.8 Å². The number of thiocarbonyl (C=S) groups is 1. The second-order valence-electron chi connectivity index (χ2n) is 2.65. The summed E-state index contributed by atoms with van der Waals surface area (Å²) >= 11 is 6.89. The summed E-state index contributed by atoms with van der Waals surface area (Å²) in [4.78, 5) is 2.09. The fourth-order valence-corrected chi connectivity index (χ4v) is 2.49. The van der Waals surface area contributed by atoms with E-state index in [-0.39, 0.29) is 0 Å². The molecule has 1 unspecified atom stereocenters. The van der Waals surface area contributed by atoms with Gasteiger partial charge >= 0.3 is 0 Å². The zero-order chi connectivity index (χ0) is 8.27. The lowest BCUT2D eigenvalue weighted by atomic mass is 10.4. The second kappa shape index (κ2) is 4.16. The van der Waals surface area contributed by atoms with Crippen LogP contribution in [0.3, 0.4) is 0 Å². The molecule has 1 saturated heterocycles. The van der Waals surface area contributed by atoms with Gasteiger partial charge in [-0.05, 0) is 24.4 Å². The summed E-state index contributed by atoms with van der Waals surface area (Å²) in [6.45, 7) is 4.29. The molecule has 64 valence electrons. The Morgan fingerprint density at radius 2 is 2.55 bits per heavy atom. The molecule has 2 nitrogen and oxygen atoms in total. The smallest absolute Gasteiger partial charge is 0.166 e. The van der Waals surface area contributed by atoms with Gasteiger partial charge in [0, 0.05) is 18.3 Å². The molecule has 11 heavy (non-hydrogen) atoms. The molecule has 1 atom stereocenters. The highest BCUT2D eigenvalue weighted by molar-refractivity contribution is 7.99. The Hall–Kier alpha value is 0.0400. The number of rotatable bonds is 2. The Labute approximate surface area is 77.5 Å². The lowest BCUT2D eigenvalue weighted by Gasteiger charge is -2.14. The number of thioether (sulfide) groups is 1. The molecular weight excluding hydrogens is 176 g/mol. The van der Waals surface area contributed by atoms with E-state index in [1.54, 1.807) is 0 Å². The highest BCUT2D eigenvalue weighted by Crippen LogP contribution is 2.21. The van der Waals surface area contributed by atoms with Crippen LogP contribution in [-0.2, 0) is 0 Å². The standard InChI is InChI=1S/C7H14N2S2/c1-2-11-6-3-4-9(5-6)7(8)10/h6H,2-5H2,1H3,(H2,8,10). The van der Waals surface area contributed by atoms with E-state index in [0.717, 1.165) is 18.3 Å². The van der Waals surface area contributed by atoms with Crippen LogP contribution in [0.1, 0.15) is 13.3 Å². The molecule has 4 heteroatoms. The molecule has 1 heterocycles. The fraction of sp³-hybridized carbons (Fsp3) is 0.857. The van der Waals surface area contributed by atoms with Crippen molar-refractivity contribution < 1.29 is 0 Å². The number of hydrogen-bond donors (Lipinski definition) is 1. The predicted octanol–water partition coefficient (Wildman–Crippen LogP) is 1.06. The van der Waals surface area contributed by atoms with Crippen molar-refractivity contribution in [1.29, 1.82) is 0 Å². The van der Waals surface area contributed by atoms with Crippen molar-refractivity contribution in [3.05, 3.63) is 0 Å². The molecule has 0 radical (unpaired) electrons. The van der Waals surface area contributed by atoms with E-state index < -0.39 is 0 Å². The van der Waals surface area contributed by atoms with E-state index >= 15 is 0 Å². The van der Waals surface area contributed by atoms with Gasteiger partial charge in [0.2, 0.25) is 0 Å². The van der Waals surface area contributed by atoms with Crippen LogP contribution in [-0.4, -0.2) is 34.1 Å². The normalized spacial score (nSPS) is 24.1. The topological polar surface area (TPSA) is 29.3 Å². The third-order valence-electron chi connectivity index (χ3n) is 1.86. The molecule has 0 bridgehead atoms. The second-order valence-corrected chi connectivity index (χ2v) is 4.65. The first-order valence-electron chi connectivity index (χ1n) is 3.90. The molecule has 0 aromatic carbocycles. The minimum atomic E-state index is 0.559. The van der Waals surface area contributed by atoms with Gasteiger partial charge in [0.05, 0.1) is 0 Å². The van der Waals surface area contributed by atoms with E-state index in [1.165, 1.54) is 12.2 Å². The maximum absolute atomic E-state index is 5.50. The largest absolute Gasteiger partial charge is 0.376 e. The van der Waals surface area contributed by atoms with E-state index in [9.17, 15) is 0 Å². The highest BCUT2D eigenvalue weighted by atomic mass is 32.2. The van der Waals surface area contributed by atoms with Gasteiger partial charge < -0.3 is 10.6 Å². The molecule has 1 fully saturated rings. The first-order chi connectivity index (χ1) is 5.24. The van der Waals surface area contributed by atoms with E-state index in [0.29, 0.717) is 5.11 Å². The van der Waals surface area contributed by atoms with E-state index in [4.69, 9.17) is 18.0 Å². The molecule has 0 aromatic heterocycles. The Morgan fingerprint density at radius 3 is 3.00 bits per heavy atom. The van der Waals surface area contributed by atoms with Crippen molar-refractivity contribution in [1.82, 2.24) is 4.90 Å². The molecular formula is C7H14N2S2. The van der Waals surface area contributed by atoms with Gasteiger partial charge in [0.25, 0.3) is 0 Å². The van der Waals surface area contributed by atoms with Crippen molar-refractivity contribution in [2.45, 2.75) is 18.6 Å². The Kier molecular flexibility index (Phi) is 3.45. The molecule has 1 rings (SSSR count). The van der Waals surface area contributed by atoms with Gasteiger partial charge in [0.15, 0.2) is 5.11 Å². The van der Waals surface area contributed by atoms with Crippen LogP contribution in [0.5, 0.6) is 0 Å². The number of hydrogen-bond acceptors (Lipinski definition) is 2. The number of nitrogens with two attached hydrogens (primary N) is 1. The minimum absolute atomic E-state index is 0.559. The quantitative estimate of drug-likeness (QED) is 0.659. The molecule has 2 N–H and O–H groups in total. The zero-order valence-electron chi connectivity index (χ0n) is 6.75. The first kappa shape index (κ1) is 9.13. The number of nitrogens with zero attached hydrogens (tertiary/aromatic N) is 1. The van der Waals surface area contributed by atoms with Gasteiger partial charge in [-0.1, -0.05) is 6.92 Å². The van der Waals surface area contributed by atoms with Crippen molar-refractivity contribution in [2.75, 3.05) is 18.8 Å². The fourth-order valence-electron chi connectivity index (χ4n) is 1.30. The summed E-state index contributed by atoms with van der Waals surface area (Å²) in [6, 6.07) is 0. The van der Waals surface area contributed by atoms with Crippen LogP contribution >= 0.6 is 24.0 Å². The van der Waals surface area contributed by atoms with Crippen LogP contribution in [0.2, 0.25) is 0 Å². The predicted molar refractivity (Wildman–Crippen MR) is 54.9 cm³/mol. The van der Waals surface area contributed by atoms with Gasteiger partial charge in [0.1, 0.15) is 0 Å². The van der Waals surface area contributed by atoms with Crippen molar-refractivity contribution in [2.24, 2.45) is 5.73 Å². The molecule has 0 saturated carbocycles. The van der Waals surface area contributed by atoms with Crippen LogP contribution in [0.15, 0.2) is 0 Å². The first-order valence-corrected chi connectivity index (χ1v) is 5.35. The summed E-state index contributed by atoms with van der Waals surface area (Å²) in [5.74, 6) is 1.19. The summed E-state index contributed by atoms with van der Waals surface area (Å²) < 4.78 is 0. The molecule has 0 aliphatic carbocycles. The van der Waals surface area contributed by atoms with Gasteiger partial charge in [-0.2, -0.15) is 11.8 Å². The lowest BCUT2D eigenvalue weighted by molar-refractivity contribution is 0.525. The minimum Gasteiger partial charge on any atom is -0.376 e. The third kappa shape index (κ3) is 2.52. The van der Waals surface area contributed by atoms with Gasteiger partial charge in [-0.25, -0.2) is 0 Å². The summed E-state index contributed by atoms with van der Waals surface area (Å²) in [5.41, 5.74) is 5.50. The molecule has 0 amide bonds. The maximum atomic E-state index is 5.50. The Morgan fingerprint density at radius 1 is 1.82 bits per heavy atom. The molecule has 1 aliphatic heterocycles. The SMILES string of the molecule is CCSC1CCN(C(N)=S)C1. The van der Waals surface area contributed by atoms with Crippen molar-refractivity contribution >= 4 is 29.1 Å². The highest BCUT2D eigenvalue weighted by Gasteiger charge is 2.22. The zero-order valence-corrected chi connectivity index (χ0v) is 8.38. The molecule has 0 spiro atoms. The third-order valence-corrected chi connectivity index (χ3v) is 3.31. The van der Waals surface area contributed by atoms with Crippen LogP contribution in [0.4, 0.5) is 0 Å². The monoisotopic (exact) mass is 190 g/mol. The Bertz CT molecular complexity index is 149. The van der Waals surface area contributed by atoms with Crippen LogP contribution < -0.4 is 5.73 Å². The summed E-state index contributed by atoms with van der Waals surface area (Å²) in [6.07, 6.45) is 1.23. The summed E-state index contributed by atoms with van der Waals surface area (Å²) in [5, 5.41) is 1.31. The van der Waals surface area contributed by atoms with E-state index in [1.807, 2.05) is 11.8 Å².